The summed E-state index contributed by atoms with van der Waals surface area (Å²) >= 11 is 14.2. The van der Waals surface area contributed by atoms with Crippen molar-refractivity contribution in [3.8, 4) is 22.9 Å². The van der Waals surface area contributed by atoms with Gasteiger partial charge in [0.25, 0.3) is 17.0 Å². The summed E-state index contributed by atoms with van der Waals surface area (Å²) in [6.07, 6.45) is -8.63. The standard InChI is InChI=1S/C30H27ClF4N4O8S.C30H25ClF4N4O8S.CH4.H2/c2*1-4-45-25(41)14-38-27(43)22(10-16-8-6-7-9-21(16)47-15-26(42)46-5-2)48-28(38)36-19-12-20(18(32)11-17(19)31)39-24(40)13-23(30(33,34)35)37(3)29(39)44;;/h6-9,11-13,22H,4-5,10,14-15H2,1-3H3;6-13H,4-5,14-15H2,1-3H3;1H4;1H/b;22-10+,36-28?;;. The molecule has 0 spiro atoms. The second-order valence-electron chi connectivity index (χ2n) is 19.6. The first-order valence-corrected chi connectivity index (χ1v) is 30.5. The van der Waals surface area contributed by atoms with Crippen molar-refractivity contribution in [1.29, 1.82) is 0 Å². The zero-order chi connectivity index (χ0) is 70.7. The van der Waals surface area contributed by atoms with E-state index in [1.807, 2.05) is 0 Å². The molecule has 6 aromatic rings. The maximum absolute atomic E-state index is 15.1. The number of alkyl halides is 6. The lowest BCUT2D eigenvalue weighted by molar-refractivity contribution is -0.146. The summed E-state index contributed by atoms with van der Waals surface area (Å²) in [6, 6.07) is 16.4. The average Bonchev–Trinajstić information content (AvgIpc) is 1.09. The van der Waals surface area contributed by atoms with Gasteiger partial charge in [-0.15, -0.1) is 0 Å². The van der Waals surface area contributed by atoms with E-state index in [-0.39, 0.29) is 121 Å². The number of amidine groups is 2. The van der Waals surface area contributed by atoms with Gasteiger partial charge in [0.1, 0.15) is 47.6 Å². The highest BCUT2D eigenvalue weighted by Gasteiger charge is 2.42. The Balaban J connectivity index is 0.000000347. The third kappa shape index (κ3) is 18.5. The predicted molar refractivity (Wildman–Crippen MR) is 342 cm³/mol. The van der Waals surface area contributed by atoms with Crippen molar-refractivity contribution in [3.05, 3.63) is 176 Å². The maximum atomic E-state index is 15.1. The lowest BCUT2D eigenvalue weighted by atomic mass is 10.1. The number of rotatable bonds is 21. The van der Waals surface area contributed by atoms with Crippen molar-refractivity contribution in [3.63, 3.8) is 0 Å². The highest BCUT2D eigenvalue weighted by Crippen LogP contribution is 2.40. The minimum Gasteiger partial charge on any atom is -0.482 e. The molecule has 520 valence electrons. The number of aromatic nitrogens is 4. The molecule has 4 aromatic carbocycles. The number of aliphatic imine (C=N–C) groups is 2. The molecule has 0 bridgehead atoms. The van der Waals surface area contributed by atoms with E-state index in [0.717, 1.165) is 59.6 Å². The smallest absolute Gasteiger partial charge is 0.431 e. The van der Waals surface area contributed by atoms with E-state index in [0.29, 0.717) is 29.0 Å². The summed E-state index contributed by atoms with van der Waals surface area (Å²) in [4.78, 5) is 137. The molecule has 0 N–H and O–H groups in total. The molecular weight excluding hydrogens is 1390 g/mol. The van der Waals surface area contributed by atoms with E-state index in [2.05, 4.69) is 9.98 Å². The van der Waals surface area contributed by atoms with Gasteiger partial charge in [0.15, 0.2) is 23.5 Å². The zero-order valence-electron chi connectivity index (χ0n) is 50.8. The van der Waals surface area contributed by atoms with Crippen LogP contribution in [0.25, 0.3) is 17.5 Å². The zero-order valence-corrected chi connectivity index (χ0v) is 54.0. The van der Waals surface area contributed by atoms with Crippen LogP contribution >= 0.6 is 46.7 Å². The number of esters is 4. The van der Waals surface area contributed by atoms with Gasteiger partial charge in [0.05, 0.1) is 69.4 Å². The summed E-state index contributed by atoms with van der Waals surface area (Å²) in [5.74, 6) is -6.00. The number of thioether (sulfide) groups is 2. The fourth-order valence-corrected chi connectivity index (χ4v) is 11.4. The normalized spacial score (nSPS) is 15.1. The molecule has 2 amide bonds. The van der Waals surface area contributed by atoms with Gasteiger partial charge in [-0.25, -0.2) is 47.1 Å². The first-order valence-electron chi connectivity index (χ1n) is 28.0. The molecule has 2 aliphatic rings. The van der Waals surface area contributed by atoms with Crippen molar-refractivity contribution in [2.45, 2.75) is 59.1 Å². The van der Waals surface area contributed by atoms with Crippen molar-refractivity contribution >= 4 is 110 Å². The van der Waals surface area contributed by atoms with Crippen LogP contribution in [-0.2, 0) is 80.6 Å². The van der Waals surface area contributed by atoms with Crippen LogP contribution in [-0.4, -0.2) is 132 Å². The molecule has 1 unspecified atom stereocenters. The molecule has 36 heteroatoms. The maximum Gasteiger partial charge on any atom is 0.431 e. The van der Waals surface area contributed by atoms with Crippen LogP contribution in [0.3, 0.4) is 0 Å². The van der Waals surface area contributed by atoms with Crippen LogP contribution in [0.1, 0.15) is 59.1 Å². The topological polar surface area (TPSA) is 277 Å². The van der Waals surface area contributed by atoms with Crippen LogP contribution in [0.15, 0.2) is 119 Å². The molecular formula is C61H58Cl2F8N8O16S2. The third-order valence-electron chi connectivity index (χ3n) is 13.1. The van der Waals surface area contributed by atoms with Crippen LogP contribution < -0.4 is 32.0 Å². The SMILES string of the molecule is C.CCOC(=O)COc1ccccc1/C=C1/SC(=Nc2cc(-n3c(=O)cc(C(F)(F)F)n(C)c3=O)c(F)cc2Cl)N(CC(=O)OCC)C1=O.CCOC(=O)COc1ccccc1CC1SC(=Nc2cc(-n3c(=O)cc(C(F)(F)F)n(C)c3=O)c(F)cc2Cl)N(CC(=O)OCC)C1=O.[HH]. The predicted octanol–water partition coefficient (Wildman–Crippen LogP) is 9.37. The number of amides is 2. The number of carbonyl (C=O) groups excluding carboxylic acids is 6. The van der Waals surface area contributed by atoms with E-state index in [9.17, 15) is 74.3 Å². The Kier molecular flexibility index (Phi) is 26.0. The van der Waals surface area contributed by atoms with Crippen molar-refractivity contribution in [1.82, 2.24) is 28.1 Å². The fraction of sp³-hybridized carbons (Fsp3) is 0.311. The quantitative estimate of drug-likeness (QED) is 0.0281. The highest BCUT2D eigenvalue weighted by atomic mass is 35.5. The number of carbonyl (C=O) groups is 6. The van der Waals surface area contributed by atoms with Crippen LogP contribution in [0.2, 0.25) is 10.0 Å². The molecule has 4 heterocycles. The first kappa shape index (κ1) is 76.5. The summed E-state index contributed by atoms with van der Waals surface area (Å²) < 4.78 is 142. The Morgan fingerprint density at radius 3 is 1.48 bits per heavy atom. The molecule has 0 radical (unpaired) electrons. The second-order valence-corrected chi connectivity index (χ2v) is 22.6. The number of hydrogen-bond acceptors (Lipinski definition) is 20. The van der Waals surface area contributed by atoms with E-state index >= 15 is 8.78 Å². The highest BCUT2D eigenvalue weighted by molar-refractivity contribution is 8.18. The number of para-hydroxylation sites is 2. The summed E-state index contributed by atoms with van der Waals surface area (Å²) in [5, 5.41) is -1.84. The Morgan fingerprint density at radius 1 is 0.588 bits per heavy atom. The fourth-order valence-electron chi connectivity index (χ4n) is 8.85. The van der Waals surface area contributed by atoms with Gasteiger partial charge in [-0.1, -0.05) is 78.8 Å². The largest absolute Gasteiger partial charge is 0.482 e. The minimum absolute atomic E-state index is 0. The van der Waals surface area contributed by atoms with Crippen LogP contribution in [0, 0.1) is 11.6 Å². The van der Waals surface area contributed by atoms with Gasteiger partial charge in [-0.05, 0) is 93.9 Å². The number of hydrogen-bond donors (Lipinski definition) is 0. The lowest BCUT2D eigenvalue weighted by Gasteiger charge is -2.17. The molecule has 24 nitrogen and oxygen atoms in total. The van der Waals surface area contributed by atoms with Gasteiger partial charge in [0.2, 0.25) is 5.91 Å². The summed E-state index contributed by atoms with van der Waals surface area (Å²) in [7, 11) is 1.53. The average molecular weight is 1450 g/mol. The van der Waals surface area contributed by atoms with E-state index < -0.39 is 130 Å². The molecule has 2 aliphatic heterocycles. The van der Waals surface area contributed by atoms with Gasteiger partial charge in [0, 0.05) is 33.2 Å². The second kappa shape index (κ2) is 32.9. The number of halogens is 10. The summed E-state index contributed by atoms with van der Waals surface area (Å²) in [6.45, 7) is 4.75. The van der Waals surface area contributed by atoms with Gasteiger partial charge in [-0.3, -0.25) is 47.7 Å². The number of nitrogens with zero attached hydrogens (tertiary/aromatic N) is 8. The van der Waals surface area contributed by atoms with E-state index in [1.54, 1.807) is 76.2 Å². The molecule has 0 aliphatic carbocycles. The van der Waals surface area contributed by atoms with Crippen molar-refractivity contribution in [2.75, 3.05) is 52.7 Å². The van der Waals surface area contributed by atoms with Gasteiger partial charge in [-0.2, -0.15) is 26.3 Å². The Bertz CT molecular complexity index is 4410. The molecule has 2 saturated heterocycles. The number of benzene rings is 4. The van der Waals surface area contributed by atoms with Crippen LogP contribution in [0.5, 0.6) is 11.5 Å². The molecule has 2 fully saturated rings. The monoisotopic (exact) mass is 1440 g/mol. The molecule has 2 aromatic heterocycles. The van der Waals surface area contributed by atoms with Gasteiger partial charge < -0.3 is 28.4 Å². The number of ether oxygens (including phenoxy) is 6. The Morgan fingerprint density at radius 2 is 1.01 bits per heavy atom. The third-order valence-corrected chi connectivity index (χ3v) is 15.9. The van der Waals surface area contributed by atoms with E-state index in [4.69, 9.17) is 51.6 Å². The van der Waals surface area contributed by atoms with E-state index in [1.165, 1.54) is 6.08 Å². The first-order chi connectivity index (χ1) is 45.3. The van der Waals surface area contributed by atoms with Crippen molar-refractivity contribution < 1.29 is 93.7 Å². The molecule has 8 rings (SSSR count). The van der Waals surface area contributed by atoms with Crippen LogP contribution in [0.4, 0.5) is 46.5 Å². The Labute approximate surface area is 564 Å². The lowest BCUT2D eigenvalue weighted by Crippen LogP contribution is -2.41. The van der Waals surface area contributed by atoms with Crippen molar-refractivity contribution in [2.24, 2.45) is 24.1 Å². The summed E-state index contributed by atoms with van der Waals surface area (Å²) in [5.41, 5.74) is -10.2. The van der Waals surface area contributed by atoms with Gasteiger partial charge >= 0.3 is 47.6 Å². The molecule has 97 heavy (non-hydrogen) atoms. The molecule has 1 atom stereocenters. The Hall–Kier alpha value is -9.54. The molecule has 0 saturated carbocycles. The minimum atomic E-state index is -5.05.